The van der Waals surface area contributed by atoms with E-state index in [2.05, 4.69) is 15.9 Å². The van der Waals surface area contributed by atoms with E-state index in [-0.39, 0.29) is 0 Å². The lowest BCUT2D eigenvalue weighted by Crippen LogP contribution is -2.48. The van der Waals surface area contributed by atoms with Gasteiger partial charge in [0.05, 0.1) is 16.1 Å². The molecule has 0 unspecified atom stereocenters. The molecule has 0 atom stereocenters. The number of furan rings is 1. The van der Waals surface area contributed by atoms with E-state index in [1.807, 2.05) is 24.3 Å². The molecular weight excluding hydrogens is 377 g/mol. The SMILES string of the molecule is N#CCCN1CCN(C(=S)c2ccc(-c3cccc(Cl)c3Cl)o2)CC1. The molecule has 1 aromatic heterocycles. The molecule has 0 radical (unpaired) electrons. The van der Waals surface area contributed by atoms with Crippen molar-refractivity contribution in [3.05, 3.63) is 46.1 Å². The molecule has 0 aliphatic carbocycles. The topological polar surface area (TPSA) is 43.4 Å². The van der Waals surface area contributed by atoms with Gasteiger partial charge in [0.25, 0.3) is 0 Å². The fraction of sp³-hybridized carbons (Fsp3) is 0.333. The summed E-state index contributed by atoms with van der Waals surface area (Å²) < 4.78 is 5.93. The average Bonchev–Trinajstić information content (AvgIpc) is 3.12. The molecule has 2 heterocycles. The second-order valence-corrected chi connectivity index (χ2v) is 6.98. The number of nitrogens with zero attached hydrogens (tertiary/aromatic N) is 3. The lowest BCUT2D eigenvalue weighted by Gasteiger charge is -2.35. The molecule has 1 fully saturated rings. The van der Waals surface area contributed by atoms with Crippen LogP contribution < -0.4 is 0 Å². The van der Waals surface area contributed by atoms with E-state index in [0.29, 0.717) is 33.0 Å². The first-order valence-electron chi connectivity index (χ1n) is 8.03. The zero-order valence-electron chi connectivity index (χ0n) is 13.5. The van der Waals surface area contributed by atoms with Crippen molar-refractivity contribution in [1.29, 1.82) is 5.26 Å². The number of halogens is 2. The Hall–Kier alpha value is -1.58. The van der Waals surface area contributed by atoms with Crippen LogP contribution in [0.25, 0.3) is 11.3 Å². The van der Waals surface area contributed by atoms with E-state index >= 15 is 0 Å². The summed E-state index contributed by atoms with van der Waals surface area (Å²) in [7, 11) is 0. The number of hydrogen-bond donors (Lipinski definition) is 0. The van der Waals surface area contributed by atoms with Crippen LogP contribution in [0.4, 0.5) is 0 Å². The minimum absolute atomic E-state index is 0.474. The molecule has 0 saturated carbocycles. The molecule has 0 N–H and O–H groups in total. The number of hydrogen-bond acceptors (Lipinski definition) is 4. The lowest BCUT2D eigenvalue weighted by atomic mass is 10.2. The third kappa shape index (κ3) is 4.16. The van der Waals surface area contributed by atoms with Crippen molar-refractivity contribution in [3.63, 3.8) is 0 Å². The zero-order valence-corrected chi connectivity index (χ0v) is 15.9. The van der Waals surface area contributed by atoms with Gasteiger partial charge >= 0.3 is 0 Å². The Morgan fingerprint density at radius 1 is 1.16 bits per heavy atom. The standard InChI is InChI=1S/C18H17Cl2N3OS/c19-14-4-1-3-13(17(14)20)15-5-6-16(24-15)18(25)23-11-9-22(10-12-23)8-2-7-21/h1,3-6H,2,8-12H2. The fourth-order valence-electron chi connectivity index (χ4n) is 2.83. The van der Waals surface area contributed by atoms with E-state index in [4.69, 9.17) is 45.1 Å². The smallest absolute Gasteiger partial charge is 0.162 e. The Balaban J connectivity index is 1.68. The Labute approximate surface area is 162 Å². The number of rotatable bonds is 4. The second kappa shape index (κ2) is 8.20. The minimum atomic E-state index is 0.474. The van der Waals surface area contributed by atoms with Crippen LogP contribution in [0.1, 0.15) is 12.2 Å². The zero-order chi connectivity index (χ0) is 17.8. The molecule has 7 heteroatoms. The molecule has 1 aliphatic rings. The van der Waals surface area contributed by atoms with Crippen molar-refractivity contribution in [3.8, 4) is 17.4 Å². The van der Waals surface area contributed by atoms with Crippen molar-refractivity contribution in [2.45, 2.75) is 6.42 Å². The summed E-state index contributed by atoms with van der Waals surface area (Å²) in [6, 6.07) is 11.4. The minimum Gasteiger partial charge on any atom is -0.454 e. The number of piperazine rings is 1. The van der Waals surface area contributed by atoms with E-state index < -0.39 is 0 Å². The van der Waals surface area contributed by atoms with Crippen LogP contribution in [0.5, 0.6) is 0 Å². The molecule has 4 nitrogen and oxygen atoms in total. The predicted molar refractivity (Wildman–Crippen MR) is 104 cm³/mol. The van der Waals surface area contributed by atoms with Crippen molar-refractivity contribution in [2.75, 3.05) is 32.7 Å². The Kier molecular flexibility index (Phi) is 5.98. The van der Waals surface area contributed by atoms with Crippen molar-refractivity contribution in [1.82, 2.24) is 9.80 Å². The van der Waals surface area contributed by atoms with E-state index in [1.165, 1.54) is 0 Å². The van der Waals surface area contributed by atoms with Gasteiger partial charge in [-0.15, -0.1) is 0 Å². The maximum absolute atomic E-state index is 8.68. The summed E-state index contributed by atoms with van der Waals surface area (Å²) in [4.78, 5) is 5.12. The Bertz CT molecular complexity index is 807. The largest absolute Gasteiger partial charge is 0.454 e. The molecule has 1 saturated heterocycles. The van der Waals surface area contributed by atoms with Crippen LogP contribution >= 0.6 is 35.4 Å². The molecule has 1 aromatic carbocycles. The summed E-state index contributed by atoms with van der Waals surface area (Å²) in [5.41, 5.74) is 0.754. The van der Waals surface area contributed by atoms with Gasteiger partial charge in [0, 0.05) is 44.7 Å². The van der Waals surface area contributed by atoms with Crippen LogP contribution in [0.15, 0.2) is 34.7 Å². The van der Waals surface area contributed by atoms with Gasteiger partial charge in [-0.05, 0) is 24.3 Å². The third-order valence-corrected chi connectivity index (χ3v) is 5.51. The Morgan fingerprint density at radius 2 is 1.92 bits per heavy atom. The first kappa shape index (κ1) is 18.2. The number of benzene rings is 1. The normalized spacial score (nSPS) is 15.2. The van der Waals surface area contributed by atoms with E-state index in [1.54, 1.807) is 6.07 Å². The van der Waals surface area contributed by atoms with Crippen molar-refractivity contribution < 1.29 is 4.42 Å². The van der Waals surface area contributed by atoms with Crippen molar-refractivity contribution in [2.24, 2.45) is 0 Å². The maximum Gasteiger partial charge on any atom is 0.162 e. The van der Waals surface area contributed by atoms with E-state index in [9.17, 15) is 0 Å². The van der Waals surface area contributed by atoms with Crippen molar-refractivity contribution >= 4 is 40.4 Å². The molecule has 130 valence electrons. The number of thiocarbonyl (C=S) groups is 1. The highest BCUT2D eigenvalue weighted by atomic mass is 35.5. The summed E-state index contributed by atoms with van der Waals surface area (Å²) >= 11 is 17.9. The van der Waals surface area contributed by atoms with Crippen LogP contribution in [0.3, 0.4) is 0 Å². The second-order valence-electron chi connectivity index (χ2n) is 5.81. The number of nitriles is 1. The summed E-state index contributed by atoms with van der Waals surface area (Å²) in [6.45, 7) is 4.27. The first-order valence-corrected chi connectivity index (χ1v) is 9.19. The molecule has 0 amide bonds. The molecule has 0 spiro atoms. The Morgan fingerprint density at radius 3 is 2.64 bits per heavy atom. The summed E-state index contributed by atoms with van der Waals surface area (Å²) in [6.07, 6.45) is 0.562. The molecule has 1 aliphatic heterocycles. The lowest BCUT2D eigenvalue weighted by molar-refractivity contribution is 0.186. The average molecular weight is 394 g/mol. The maximum atomic E-state index is 8.68. The third-order valence-electron chi connectivity index (χ3n) is 4.23. The van der Waals surface area contributed by atoms with Gasteiger partial charge in [-0.1, -0.05) is 41.5 Å². The van der Waals surface area contributed by atoms with Gasteiger partial charge in [-0.25, -0.2) is 0 Å². The van der Waals surface area contributed by atoms with Gasteiger partial charge in [0.2, 0.25) is 0 Å². The highest BCUT2D eigenvalue weighted by Crippen LogP contribution is 2.34. The molecule has 2 aromatic rings. The van der Waals surface area contributed by atoms with Gasteiger partial charge in [0.1, 0.15) is 10.7 Å². The summed E-state index contributed by atoms with van der Waals surface area (Å²) in [5.74, 6) is 1.31. The van der Waals surface area contributed by atoms with Crippen LogP contribution in [-0.2, 0) is 0 Å². The molecule has 0 bridgehead atoms. The highest BCUT2D eigenvalue weighted by Gasteiger charge is 2.22. The predicted octanol–water partition coefficient (Wildman–Crippen LogP) is 4.46. The monoisotopic (exact) mass is 393 g/mol. The molecule has 25 heavy (non-hydrogen) atoms. The summed E-state index contributed by atoms with van der Waals surface area (Å²) in [5, 5.41) is 9.65. The fourth-order valence-corrected chi connectivity index (χ4v) is 3.52. The van der Waals surface area contributed by atoms with Gasteiger partial charge in [0.15, 0.2) is 5.76 Å². The van der Waals surface area contributed by atoms with Gasteiger partial charge < -0.3 is 9.32 Å². The van der Waals surface area contributed by atoms with Gasteiger partial charge in [-0.2, -0.15) is 5.26 Å². The first-order chi connectivity index (χ1) is 12.1. The van der Waals surface area contributed by atoms with E-state index in [0.717, 1.165) is 38.3 Å². The molecule has 3 rings (SSSR count). The molecular formula is C18H17Cl2N3OS. The van der Waals surface area contributed by atoms with Crippen LogP contribution in [0, 0.1) is 11.3 Å². The van der Waals surface area contributed by atoms with Crippen LogP contribution in [-0.4, -0.2) is 47.5 Å². The van der Waals surface area contributed by atoms with Gasteiger partial charge in [-0.3, -0.25) is 4.90 Å². The highest BCUT2D eigenvalue weighted by molar-refractivity contribution is 7.80. The van der Waals surface area contributed by atoms with Crippen LogP contribution in [0.2, 0.25) is 10.0 Å². The quantitative estimate of drug-likeness (QED) is 0.717.